The number of nitrogens with zero attached hydrogens (tertiary/aromatic N) is 2. The van der Waals surface area contributed by atoms with Crippen molar-refractivity contribution >= 4 is 33.2 Å². The molecule has 1 aliphatic rings. The van der Waals surface area contributed by atoms with Crippen LogP contribution in [0.25, 0.3) is 0 Å². The van der Waals surface area contributed by atoms with E-state index in [1.807, 2.05) is 4.90 Å². The lowest BCUT2D eigenvalue weighted by atomic mass is 10.3. The fraction of sp³-hybridized carbons (Fsp3) is 0.625. The SMILES string of the molecule is COCCCNC(=O)CN1CCN(C(=O)CNS(=O)(=O)c2cccs2)CC1. The molecule has 152 valence electrons. The van der Waals surface area contributed by atoms with Crippen LogP contribution in [0.3, 0.4) is 0 Å². The summed E-state index contributed by atoms with van der Waals surface area (Å²) in [5, 5.41) is 4.50. The Kier molecular flexibility index (Phi) is 8.64. The van der Waals surface area contributed by atoms with Crippen LogP contribution >= 0.6 is 11.3 Å². The van der Waals surface area contributed by atoms with Crippen LogP contribution in [0.15, 0.2) is 21.7 Å². The van der Waals surface area contributed by atoms with Crippen LogP contribution in [-0.2, 0) is 24.3 Å². The van der Waals surface area contributed by atoms with Gasteiger partial charge in [0.2, 0.25) is 11.8 Å². The zero-order valence-electron chi connectivity index (χ0n) is 15.3. The molecule has 1 aromatic heterocycles. The van der Waals surface area contributed by atoms with Gasteiger partial charge in [0, 0.05) is 46.4 Å². The number of carbonyl (C=O) groups is 2. The molecule has 1 aromatic rings. The van der Waals surface area contributed by atoms with Gasteiger partial charge in [-0.3, -0.25) is 14.5 Å². The summed E-state index contributed by atoms with van der Waals surface area (Å²) in [6.07, 6.45) is 0.770. The highest BCUT2D eigenvalue weighted by Gasteiger charge is 2.24. The van der Waals surface area contributed by atoms with Crippen molar-refractivity contribution in [3.05, 3.63) is 17.5 Å². The van der Waals surface area contributed by atoms with Gasteiger partial charge in [-0.05, 0) is 17.9 Å². The molecule has 1 fully saturated rings. The minimum absolute atomic E-state index is 0.0467. The summed E-state index contributed by atoms with van der Waals surface area (Å²) in [5.41, 5.74) is 0. The number of rotatable bonds is 10. The van der Waals surface area contributed by atoms with Gasteiger partial charge in [0.05, 0.1) is 13.1 Å². The summed E-state index contributed by atoms with van der Waals surface area (Å²) in [6.45, 7) is 3.31. The Morgan fingerprint density at radius 2 is 2.00 bits per heavy atom. The number of sulfonamides is 1. The first-order chi connectivity index (χ1) is 12.9. The van der Waals surface area contributed by atoms with Crippen molar-refractivity contribution in [2.45, 2.75) is 10.6 Å². The van der Waals surface area contributed by atoms with E-state index in [0.717, 1.165) is 17.8 Å². The van der Waals surface area contributed by atoms with Crippen molar-refractivity contribution in [1.29, 1.82) is 0 Å². The maximum atomic E-state index is 12.2. The Hall–Kier alpha value is -1.53. The fourth-order valence-electron chi connectivity index (χ4n) is 2.61. The number of carbonyl (C=O) groups excluding carboxylic acids is 2. The number of nitrogens with one attached hydrogen (secondary N) is 2. The third-order valence-electron chi connectivity index (χ3n) is 4.11. The Morgan fingerprint density at radius 1 is 1.26 bits per heavy atom. The lowest BCUT2D eigenvalue weighted by Gasteiger charge is -2.34. The van der Waals surface area contributed by atoms with E-state index >= 15 is 0 Å². The summed E-state index contributed by atoms with van der Waals surface area (Å²) in [7, 11) is -2.02. The maximum Gasteiger partial charge on any atom is 0.250 e. The molecule has 2 rings (SSSR count). The highest BCUT2D eigenvalue weighted by molar-refractivity contribution is 7.91. The molecule has 2 amide bonds. The van der Waals surface area contributed by atoms with Crippen LogP contribution in [0.5, 0.6) is 0 Å². The first-order valence-electron chi connectivity index (χ1n) is 8.71. The molecule has 0 bridgehead atoms. The standard InChI is InChI=1S/C16H26N4O5S2/c1-25-10-3-5-17-14(21)13-19-6-8-20(9-7-19)15(22)12-18-27(23,24)16-4-2-11-26-16/h2,4,11,18H,3,5-10,12-13H2,1H3,(H,17,21). The van der Waals surface area contributed by atoms with Crippen LogP contribution in [0.4, 0.5) is 0 Å². The minimum atomic E-state index is -3.64. The molecule has 2 N–H and O–H groups in total. The molecule has 0 spiro atoms. The quantitative estimate of drug-likeness (QED) is 0.488. The molecule has 1 aliphatic heterocycles. The summed E-state index contributed by atoms with van der Waals surface area (Å²) < 4.78 is 31.6. The van der Waals surface area contributed by atoms with E-state index in [1.54, 1.807) is 23.5 Å². The maximum absolute atomic E-state index is 12.2. The Morgan fingerprint density at radius 3 is 2.63 bits per heavy atom. The molecule has 27 heavy (non-hydrogen) atoms. The van der Waals surface area contributed by atoms with Gasteiger partial charge in [-0.15, -0.1) is 11.3 Å². The number of piperazine rings is 1. The van der Waals surface area contributed by atoms with Crippen molar-refractivity contribution in [3.8, 4) is 0 Å². The second-order valence-corrected chi connectivity index (χ2v) is 9.05. The number of amides is 2. The van der Waals surface area contributed by atoms with Crippen molar-refractivity contribution in [2.24, 2.45) is 0 Å². The predicted octanol–water partition coefficient (Wildman–Crippen LogP) is -0.677. The lowest BCUT2D eigenvalue weighted by Crippen LogP contribution is -2.52. The van der Waals surface area contributed by atoms with Gasteiger partial charge in [-0.2, -0.15) is 0 Å². The Labute approximate surface area is 163 Å². The van der Waals surface area contributed by atoms with Crippen molar-refractivity contribution in [2.75, 3.05) is 59.5 Å². The van der Waals surface area contributed by atoms with E-state index in [2.05, 4.69) is 10.0 Å². The first kappa shape index (κ1) is 21.8. The minimum Gasteiger partial charge on any atom is -0.385 e. The Balaban J connectivity index is 1.67. The predicted molar refractivity (Wildman–Crippen MR) is 102 cm³/mol. The summed E-state index contributed by atoms with van der Waals surface area (Å²) in [5.74, 6) is -0.312. The highest BCUT2D eigenvalue weighted by atomic mass is 32.2. The molecular weight excluding hydrogens is 392 g/mol. The zero-order chi connectivity index (χ0) is 19.7. The summed E-state index contributed by atoms with van der Waals surface area (Å²) in [6, 6.07) is 3.14. The van der Waals surface area contributed by atoms with Crippen molar-refractivity contribution in [3.63, 3.8) is 0 Å². The summed E-state index contributed by atoms with van der Waals surface area (Å²) >= 11 is 1.10. The van der Waals surface area contributed by atoms with E-state index in [0.29, 0.717) is 45.9 Å². The molecule has 0 atom stereocenters. The molecule has 0 aliphatic carbocycles. The second kappa shape index (κ2) is 10.7. The normalized spacial score (nSPS) is 15.7. The van der Waals surface area contributed by atoms with Gasteiger partial charge >= 0.3 is 0 Å². The van der Waals surface area contributed by atoms with E-state index in [-0.39, 0.29) is 22.6 Å². The summed E-state index contributed by atoms with van der Waals surface area (Å²) in [4.78, 5) is 27.7. The average Bonchev–Trinajstić information content (AvgIpc) is 3.20. The molecule has 0 aromatic carbocycles. The van der Waals surface area contributed by atoms with E-state index in [9.17, 15) is 18.0 Å². The average molecular weight is 419 g/mol. The van der Waals surface area contributed by atoms with Crippen molar-refractivity contribution in [1.82, 2.24) is 19.8 Å². The van der Waals surface area contributed by atoms with Gasteiger partial charge in [0.25, 0.3) is 10.0 Å². The van der Waals surface area contributed by atoms with Crippen molar-refractivity contribution < 1.29 is 22.7 Å². The number of hydrogen-bond acceptors (Lipinski definition) is 7. The van der Waals surface area contributed by atoms with Crippen LogP contribution in [0.2, 0.25) is 0 Å². The number of hydrogen-bond donors (Lipinski definition) is 2. The molecule has 0 unspecified atom stereocenters. The van der Waals surface area contributed by atoms with Gasteiger partial charge in [-0.1, -0.05) is 6.07 Å². The molecule has 11 heteroatoms. The van der Waals surface area contributed by atoms with Gasteiger partial charge < -0.3 is 15.0 Å². The molecular formula is C16H26N4O5S2. The topological polar surface area (TPSA) is 108 Å². The monoisotopic (exact) mass is 418 g/mol. The molecule has 0 radical (unpaired) electrons. The van der Waals surface area contributed by atoms with Gasteiger partial charge in [0.15, 0.2) is 0 Å². The van der Waals surface area contributed by atoms with Crippen LogP contribution in [0.1, 0.15) is 6.42 Å². The highest BCUT2D eigenvalue weighted by Crippen LogP contribution is 2.15. The lowest BCUT2D eigenvalue weighted by molar-refractivity contribution is -0.132. The molecule has 1 saturated heterocycles. The number of methoxy groups -OCH3 is 1. The zero-order valence-corrected chi connectivity index (χ0v) is 17.0. The van der Waals surface area contributed by atoms with Gasteiger partial charge in [-0.25, -0.2) is 13.1 Å². The Bertz CT molecular complexity index is 700. The van der Waals surface area contributed by atoms with E-state index < -0.39 is 10.0 Å². The largest absolute Gasteiger partial charge is 0.385 e. The van der Waals surface area contributed by atoms with Crippen LogP contribution < -0.4 is 10.0 Å². The van der Waals surface area contributed by atoms with Crippen LogP contribution in [0, 0.1) is 0 Å². The van der Waals surface area contributed by atoms with E-state index in [4.69, 9.17) is 4.74 Å². The fourth-order valence-corrected chi connectivity index (χ4v) is 4.63. The number of ether oxygens (including phenoxy) is 1. The van der Waals surface area contributed by atoms with Gasteiger partial charge in [0.1, 0.15) is 4.21 Å². The third-order valence-corrected chi connectivity index (χ3v) is 6.91. The van der Waals surface area contributed by atoms with E-state index in [1.165, 1.54) is 6.07 Å². The molecule has 0 saturated carbocycles. The third kappa shape index (κ3) is 7.18. The molecule has 2 heterocycles. The number of thiophene rings is 1. The van der Waals surface area contributed by atoms with Crippen LogP contribution in [-0.4, -0.2) is 89.6 Å². The smallest absolute Gasteiger partial charge is 0.250 e. The first-order valence-corrected chi connectivity index (χ1v) is 11.1. The molecule has 9 nitrogen and oxygen atoms in total. The second-order valence-electron chi connectivity index (χ2n) is 6.11.